The van der Waals surface area contributed by atoms with Gasteiger partial charge in [0.15, 0.2) is 0 Å². The minimum absolute atomic E-state index is 0.123. The largest absolute Gasteiger partial charge is 0.508 e. The Morgan fingerprint density at radius 2 is 1.60 bits per heavy atom. The molecule has 45 heavy (non-hydrogen) atoms. The number of hydrogen-bond donors (Lipinski definition) is 2. The van der Waals surface area contributed by atoms with E-state index in [1.165, 1.54) is 35.8 Å². The molecule has 0 saturated carbocycles. The molecule has 250 valence electrons. The molecule has 0 spiro atoms. The fourth-order valence-electron chi connectivity index (χ4n) is 3.63. The van der Waals surface area contributed by atoms with Crippen LogP contribution in [0.15, 0.2) is 83.7 Å². The maximum Gasteiger partial charge on any atom is 0.305 e. The SMILES string of the molecule is C=CNCCC.CC.CC/C(C)=C/C=C\C(C)=N/C(Cc1ccc(C)c(O)c1)=C(\C)c1ccc(C)c(C)c1.CCCC(=O)OC. The summed E-state index contributed by atoms with van der Waals surface area (Å²) < 4.78 is 4.35. The van der Waals surface area contributed by atoms with Gasteiger partial charge in [0.25, 0.3) is 0 Å². The molecule has 2 N–H and O–H groups in total. The Morgan fingerprint density at radius 3 is 2.07 bits per heavy atom. The monoisotopic (exact) mass is 618 g/mol. The van der Waals surface area contributed by atoms with E-state index in [0.717, 1.165) is 47.5 Å². The highest BCUT2D eigenvalue weighted by atomic mass is 16.5. The van der Waals surface area contributed by atoms with Crippen LogP contribution in [-0.2, 0) is 16.0 Å². The van der Waals surface area contributed by atoms with E-state index >= 15 is 0 Å². The van der Waals surface area contributed by atoms with E-state index in [1.54, 1.807) is 6.20 Å². The van der Waals surface area contributed by atoms with Crippen LogP contribution in [-0.4, -0.2) is 30.4 Å². The highest BCUT2D eigenvalue weighted by Gasteiger charge is 2.09. The van der Waals surface area contributed by atoms with Crippen molar-refractivity contribution in [3.8, 4) is 5.75 Å². The zero-order valence-corrected chi connectivity index (χ0v) is 30.4. The summed E-state index contributed by atoms with van der Waals surface area (Å²) in [5.41, 5.74) is 10.2. The van der Waals surface area contributed by atoms with Gasteiger partial charge >= 0.3 is 5.97 Å². The number of phenolic OH excluding ortho intramolecular Hbond substituents is 1. The molecule has 0 radical (unpaired) electrons. The normalized spacial score (nSPS) is 11.6. The molecule has 0 aliphatic heterocycles. The van der Waals surface area contributed by atoms with Crippen LogP contribution in [0.2, 0.25) is 0 Å². The predicted octanol–water partition coefficient (Wildman–Crippen LogP) is 10.8. The third kappa shape index (κ3) is 19.9. The highest BCUT2D eigenvalue weighted by Crippen LogP contribution is 2.26. The Labute approximate surface area is 275 Å². The molecule has 0 unspecified atom stereocenters. The summed E-state index contributed by atoms with van der Waals surface area (Å²) in [7, 11) is 1.40. The Kier molecular flexibility index (Phi) is 25.5. The Balaban J connectivity index is 0. The number of phenols is 1. The number of methoxy groups -OCH3 is 1. The summed E-state index contributed by atoms with van der Waals surface area (Å²) in [4.78, 5) is 15.2. The van der Waals surface area contributed by atoms with Crippen LogP contribution in [0.3, 0.4) is 0 Å². The molecule has 5 nitrogen and oxygen atoms in total. The van der Waals surface area contributed by atoms with Gasteiger partial charge in [-0.2, -0.15) is 0 Å². The molecule has 0 aliphatic carbocycles. The van der Waals surface area contributed by atoms with E-state index in [4.69, 9.17) is 4.99 Å². The van der Waals surface area contributed by atoms with Crippen molar-refractivity contribution in [2.45, 2.75) is 108 Å². The van der Waals surface area contributed by atoms with Crippen molar-refractivity contribution in [1.82, 2.24) is 5.32 Å². The number of esters is 1. The number of carbonyl (C=O) groups excluding carboxylic acids is 1. The predicted molar refractivity (Wildman–Crippen MR) is 198 cm³/mol. The molecule has 2 aromatic rings. The number of carbonyl (C=O) groups is 1. The van der Waals surface area contributed by atoms with Gasteiger partial charge in [-0.05, 0) is 113 Å². The molecule has 0 amide bonds. The van der Waals surface area contributed by atoms with Crippen molar-refractivity contribution in [3.63, 3.8) is 0 Å². The quantitative estimate of drug-likeness (QED) is 0.107. The van der Waals surface area contributed by atoms with Crippen molar-refractivity contribution < 1.29 is 14.6 Å². The first-order chi connectivity index (χ1) is 21.4. The summed E-state index contributed by atoms with van der Waals surface area (Å²) in [6.07, 6.45) is 12.3. The molecule has 0 saturated heterocycles. The van der Waals surface area contributed by atoms with Crippen LogP contribution in [0, 0.1) is 20.8 Å². The molecule has 0 aromatic heterocycles. The lowest BCUT2D eigenvalue weighted by Crippen LogP contribution is -2.03. The number of aromatic hydroxyl groups is 1. The number of nitrogens with one attached hydrogen (secondary N) is 1. The Hall–Kier alpha value is -3.86. The standard InChI is InChI=1S/C28H35NO.C5H11N.C5H10O2.C2H6/c1-8-19(2)10-9-11-23(6)29-27(17-25-14-12-21(4)28(30)18-25)24(7)26-15-13-20(3)22(5)16-26;1-3-5-6-4-2;1-3-4-5(6)7-2;1-2/h9-16,18,30H,8,17H2,1-7H3;4,6H,2-3,5H2,1H3;3-4H2,1-2H3;1-2H3/b11-9-,19-10+,27-24+,29-23-;;;. The van der Waals surface area contributed by atoms with Crippen LogP contribution in [0.4, 0.5) is 0 Å². The van der Waals surface area contributed by atoms with Gasteiger partial charge in [0.1, 0.15) is 5.75 Å². The first-order valence-corrected chi connectivity index (χ1v) is 16.3. The lowest BCUT2D eigenvalue weighted by atomic mass is 9.97. The van der Waals surface area contributed by atoms with E-state index in [-0.39, 0.29) is 5.97 Å². The van der Waals surface area contributed by atoms with Crippen LogP contribution in [0.25, 0.3) is 5.57 Å². The fourth-order valence-corrected chi connectivity index (χ4v) is 3.63. The van der Waals surface area contributed by atoms with Crippen molar-refractivity contribution >= 4 is 17.3 Å². The minimum Gasteiger partial charge on any atom is -0.508 e. The zero-order chi connectivity index (χ0) is 34.8. The number of aryl methyl sites for hydroxylation is 3. The van der Waals surface area contributed by atoms with E-state index in [1.807, 2.05) is 46.8 Å². The molecule has 0 heterocycles. The van der Waals surface area contributed by atoms with Crippen LogP contribution >= 0.6 is 0 Å². The Morgan fingerprint density at radius 1 is 0.956 bits per heavy atom. The topological polar surface area (TPSA) is 70.9 Å². The van der Waals surface area contributed by atoms with Gasteiger partial charge in [-0.25, -0.2) is 0 Å². The molecule has 2 rings (SSSR count). The first kappa shape index (κ1) is 43.3. The van der Waals surface area contributed by atoms with Crippen molar-refractivity contribution in [3.05, 3.63) is 106 Å². The molecule has 0 fully saturated rings. The van der Waals surface area contributed by atoms with Gasteiger partial charge in [-0.1, -0.05) is 89.3 Å². The second-order valence-electron chi connectivity index (χ2n) is 10.6. The molecular weight excluding hydrogens is 556 g/mol. The average molecular weight is 619 g/mol. The van der Waals surface area contributed by atoms with Crippen LogP contribution in [0.1, 0.15) is 109 Å². The lowest BCUT2D eigenvalue weighted by Gasteiger charge is -2.12. The first-order valence-electron chi connectivity index (χ1n) is 16.3. The van der Waals surface area contributed by atoms with Gasteiger partial charge in [-0.15, -0.1) is 0 Å². The summed E-state index contributed by atoms with van der Waals surface area (Å²) >= 11 is 0. The summed E-state index contributed by atoms with van der Waals surface area (Å²) in [6, 6.07) is 12.4. The number of benzene rings is 2. The van der Waals surface area contributed by atoms with E-state index in [0.29, 0.717) is 18.6 Å². The van der Waals surface area contributed by atoms with Gasteiger partial charge in [0, 0.05) is 30.8 Å². The smallest absolute Gasteiger partial charge is 0.305 e. The Bertz CT molecular complexity index is 1270. The molecule has 0 bridgehead atoms. The number of hydrogen-bond acceptors (Lipinski definition) is 5. The minimum atomic E-state index is -0.123. The summed E-state index contributed by atoms with van der Waals surface area (Å²) in [6.45, 7) is 27.2. The number of ether oxygens (including phenoxy) is 1. The van der Waals surface area contributed by atoms with E-state index in [2.05, 4.69) is 101 Å². The molecule has 0 aliphatic rings. The van der Waals surface area contributed by atoms with Crippen LogP contribution < -0.4 is 5.32 Å². The lowest BCUT2D eigenvalue weighted by molar-refractivity contribution is -0.140. The third-order valence-electron chi connectivity index (χ3n) is 6.83. The maximum atomic E-state index is 10.2. The average Bonchev–Trinajstić information content (AvgIpc) is 3.04. The second-order valence-corrected chi connectivity index (χ2v) is 10.6. The number of aliphatic imine (C=N–C) groups is 1. The fraction of sp³-hybridized carbons (Fsp3) is 0.450. The molecule has 5 heteroatoms. The summed E-state index contributed by atoms with van der Waals surface area (Å²) in [5.74, 6) is 0.207. The van der Waals surface area contributed by atoms with Crippen molar-refractivity contribution in [2.24, 2.45) is 4.99 Å². The third-order valence-corrected chi connectivity index (χ3v) is 6.83. The maximum absolute atomic E-state index is 10.2. The van der Waals surface area contributed by atoms with Crippen molar-refractivity contribution in [2.75, 3.05) is 13.7 Å². The van der Waals surface area contributed by atoms with Gasteiger partial charge in [0.05, 0.1) is 7.11 Å². The number of rotatable bonds is 12. The summed E-state index contributed by atoms with van der Waals surface area (Å²) in [5, 5.41) is 13.1. The molecular formula is C40H62N2O3. The highest BCUT2D eigenvalue weighted by molar-refractivity contribution is 5.94. The van der Waals surface area contributed by atoms with Gasteiger partial charge in [0.2, 0.25) is 0 Å². The van der Waals surface area contributed by atoms with Crippen molar-refractivity contribution in [1.29, 1.82) is 0 Å². The zero-order valence-electron chi connectivity index (χ0n) is 30.4. The second kappa shape index (κ2) is 26.5. The molecule has 2 aromatic carbocycles. The van der Waals surface area contributed by atoms with E-state index < -0.39 is 0 Å². The van der Waals surface area contributed by atoms with Crippen LogP contribution in [0.5, 0.6) is 5.75 Å². The van der Waals surface area contributed by atoms with Gasteiger partial charge in [-0.3, -0.25) is 9.79 Å². The molecule has 0 atom stereocenters. The van der Waals surface area contributed by atoms with E-state index in [9.17, 15) is 9.90 Å². The van der Waals surface area contributed by atoms with Gasteiger partial charge < -0.3 is 15.2 Å². The number of nitrogens with zero attached hydrogens (tertiary/aromatic N) is 1. The number of allylic oxidation sites excluding steroid dienone is 6.